The first-order chi connectivity index (χ1) is 11.9. The summed E-state index contributed by atoms with van der Waals surface area (Å²) in [7, 11) is 3.37. The minimum atomic E-state index is -0.384. The fourth-order valence-electron chi connectivity index (χ4n) is 2.19. The van der Waals surface area contributed by atoms with Crippen LogP contribution in [-0.4, -0.2) is 41.9 Å². The Bertz CT molecular complexity index is 753. The maximum atomic E-state index is 12.0. The number of rotatable bonds is 7. The third-order valence-electron chi connectivity index (χ3n) is 3.65. The van der Waals surface area contributed by atoms with Gasteiger partial charge in [-0.25, -0.2) is 0 Å². The van der Waals surface area contributed by atoms with Crippen LogP contribution >= 0.6 is 0 Å². The van der Waals surface area contributed by atoms with Gasteiger partial charge in [0.2, 0.25) is 5.91 Å². The lowest BCUT2D eigenvalue weighted by Crippen LogP contribution is -2.35. The largest absolute Gasteiger partial charge is 0.497 e. The number of amides is 2. The van der Waals surface area contributed by atoms with E-state index in [1.165, 1.54) is 0 Å². The molecule has 2 aromatic rings. The first kappa shape index (κ1) is 18.3. The molecule has 1 heterocycles. The lowest BCUT2D eigenvalue weighted by Gasteiger charge is -2.09. The number of aryl methyl sites for hydroxylation is 2. The lowest BCUT2D eigenvalue weighted by molar-refractivity contribution is -0.125. The smallest absolute Gasteiger partial charge is 0.258 e. The van der Waals surface area contributed by atoms with Crippen molar-refractivity contribution in [1.82, 2.24) is 15.1 Å². The van der Waals surface area contributed by atoms with Gasteiger partial charge >= 0.3 is 0 Å². The van der Waals surface area contributed by atoms with Gasteiger partial charge in [0.25, 0.3) is 5.91 Å². The normalized spacial score (nSPS) is 10.2. The molecule has 0 spiro atoms. The molecule has 8 nitrogen and oxygen atoms in total. The zero-order chi connectivity index (χ0) is 18.4. The summed E-state index contributed by atoms with van der Waals surface area (Å²) in [5.74, 6) is 0.541. The SMILES string of the molecule is COc1ccc(OCC(=O)NCC(=O)Nc2c(C)nn(C)c2C)cc1. The van der Waals surface area contributed by atoms with E-state index in [1.807, 2.05) is 13.8 Å². The number of ether oxygens (including phenoxy) is 2. The second-order valence-corrected chi connectivity index (χ2v) is 5.46. The van der Waals surface area contributed by atoms with Gasteiger partial charge in [-0.15, -0.1) is 0 Å². The van der Waals surface area contributed by atoms with Crippen molar-refractivity contribution in [3.8, 4) is 11.5 Å². The van der Waals surface area contributed by atoms with Gasteiger partial charge in [-0.05, 0) is 38.1 Å². The van der Waals surface area contributed by atoms with Crippen LogP contribution in [0.3, 0.4) is 0 Å². The van der Waals surface area contributed by atoms with E-state index in [1.54, 1.807) is 43.1 Å². The van der Waals surface area contributed by atoms with Crippen LogP contribution in [0.5, 0.6) is 11.5 Å². The van der Waals surface area contributed by atoms with Crippen LogP contribution in [0.4, 0.5) is 5.69 Å². The van der Waals surface area contributed by atoms with Crippen LogP contribution in [0.1, 0.15) is 11.4 Å². The molecule has 0 aliphatic rings. The van der Waals surface area contributed by atoms with Crippen LogP contribution in [0.15, 0.2) is 24.3 Å². The fraction of sp³-hybridized carbons (Fsp3) is 0.353. The van der Waals surface area contributed by atoms with Crippen LogP contribution in [0.25, 0.3) is 0 Å². The first-order valence-electron chi connectivity index (χ1n) is 7.74. The molecule has 0 bridgehead atoms. The molecule has 2 amide bonds. The quantitative estimate of drug-likeness (QED) is 0.785. The third kappa shape index (κ3) is 4.97. The second kappa shape index (κ2) is 8.18. The number of nitrogens with one attached hydrogen (secondary N) is 2. The molecule has 2 rings (SSSR count). The number of nitrogens with zero attached hydrogens (tertiary/aromatic N) is 2. The first-order valence-corrected chi connectivity index (χ1v) is 7.74. The summed E-state index contributed by atoms with van der Waals surface area (Å²) in [6.45, 7) is 3.35. The molecule has 25 heavy (non-hydrogen) atoms. The monoisotopic (exact) mass is 346 g/mol. The number of hydrogen-bond acceptors (Lipinski definition) is 5. The van der Waals surface area contributed by atoms with Crippen molar-refractivity contribution in [2.75, 3.05) is 25.6 Å². The average molecular weight is 346 g/mol. The van der Waals surface area contributed by atoms with Crippen molar-refractivity contribution in [2.24, 2.45) is 7.05 Å². The standard InChI is InChI=1S/C17H22N4O4/c1-11-17(12(2)21(3)20-11)19-15(22)9-18-16(23)10-25-14-7-5-13(24-4)6-8-14/h5-8H,9-10H2,1-4H3,(H,18,23)(H,19,22). The van der Waals surface area contributed by atoms with E-state index in [4.69, 9.17) is 9.47 Å². The maximum absolute atomic E-state index is 12.0. The van der Waals surface area contributed by atoms with E-state index < -0.39 is 0 Å². The Morgan fingerprint density at radius 3 is 2.32 bits per heavy atom. The molecule has 2 N–H and O–H groups in total. The van der Waals surface area contributed by atoms with Gasteiger partial charge < -0.3 is 20.1 Å². The number of anilines is 1. The fourth-order valence-corrected chi connectivity index (χ4v) is 2.19. The second-order valence-electron chi connectivity index (χ2n) is 5.46. The van der Waals surface area contributed by atoms with Crippen LogP contribution in [0.2, 0.25) is 0 Å². The van der Waals surface area contributed by atoms with Gasteiger partial charge in [0.15, 0.2) is 6.61 Å². The number of benzene rings is 1. The molecule has 1 aromatic heterocycles. The van der Waals surface area contributed by atoms with Crippen molar-refractivity contribution in [1.29, 1.82) is 0 Å². The molecule has 0 atom stereocenters. The topological polar surface area (TPSA) is 94.5 Å². The maximum Gasteiger partial charge on any atom is 0.258 e. The molecule has 0 aliphatic heterocycles. The summed E-state index contributed by atoms with van der Waals surface area (Å²) in [6, 6.07) is 6.87. The van der Waals surface area contributed by atoms with Gasteiger partial charge in [-0.1, -0.05) is 0 Å². The number of hydrogen-bond donors (Lipinski definition) is 2. The van der Waals surface area contributed by atoms with Crippen molar-refractivity contribution < 1.29 is 19.1 Å². The number of carbonyl (C=O) groups is 2. The van der Waals surface area contributed by atoms with Crippen molar-refractivity contribution >= 4 is 17.5 Å². The Balaban J connectivity index is 1.76. The molecule has 0 aliphatic carbocycles. The van der Waals surface area contributed by atoms with E-state index >= 15 is 0 Å². The van der Waals surface area contributed by atoms with E-state index in [0.29, 0.717) is 17.2 Å². The van der Waals surface area contributed by atoms with Gasteiger partial charge in [0, 0.05) is 7.05 Å². The molecule has 0 fully saturated rings. The van der Waals surface area contributed by atoms with Crippen molar-refractivity contribution in [3.05, 3.63) is 35.7 Å². The molecule has 1 aromatic carbocycles. The highest BCUT2D eigenvalue weighted by Crippen LogP contribution is 2.18. The predicted octanol–water partition coefficient (Wildman–Crippen LogP) is 1.18. The molecular formula is C17H22N4O4. The lowest BCUT2D eigenvalue weighted by atomic mass is 10.3. The minimum absolute atomic E-state index is 0.140. The average Bonchev–Trinajstić information content (AvgIpc) is 2.84. The highest BCUT2D eigenvalue weighted by molar-refractivity contribution is 5.95. The summed E-state index contributed by atoms with van der Waals surface area (Å²) in [5.41, 5.74) is 2.23. The number of aromatic nitrogens is 2. The predicted molar refractivity (Wildman–Crippen MR) is 92.8 cm³/mol. The van der Waals surface area contributed by atoms with Crippen molar-refractivity contribution in [3.63, 3.8) is 0 Å². The Labute approximate surface area is 146 Å². The van der Waals surface area contributed by atoms with Gasteiger partial charge in [-0.3, -0.25) is 14.3 Å². The van der Waals surface area contributed by atoms with E-state index in [-0.39, 0.29) is 25.0 Å². The Kier molecular flexibility index (Phi) is 5.99. The third-order valence-corrected chi connectivity index (χ3v) is 3.65. The Morgan fingerprint density at radius 1 is 1.12 bits per heavy atom. The molecule has 134 valence electrons. The number of carbonyl (C=O) groups excluding carboxylic acids is 2. The summed E-state index contributed by atoms with van der Waals surface area (Å²) < 4.78 is 12.1. The minimum Gasteiger partial charge on any atom is -0.497 e. The van der Waals surface area contributed by atoms with Crippen LogP contribution in [-0.2, 0) is 16.6 Å². The van der Waals surface area contributed by atoms with Crippen molar-refractivity contribution in [2.45, 2.75) is 13.8 Å². The van der Waals surface area contributed by atoms with E-state index in [0.717, 1.165) is 11.4 Å². The highest BCUT2D eigenvalue weighted by Gasteiger charge is 2.13. The molecule has 0 radical (unpaired) electrons. The Morgan fingerprint density at radius 2 is 1.76 bits per heavy atom. The number of methoxy groups -OCH3 is 1. The van der Waals surface area contributed by atoms with Crippen LogP contribution in [0, 0.1) is 13.8 Å². The van der Waals surface area contributed by atoms with Gasteiger partial charge in [-0.2, -0.15) is 5.10 Å². The summed E-state index contributed by atoms with van der Waals surface area (Å²) in [6.07, 6.45) is 0. The zero-order valence-electron chi connectivity index (χ0n) is 14.8. The summed E-state index contributed by atoms with van der Waals surface area (Å²) in [4.78, 5) is 23.7. The molecular weight excluding hydrogens is 324 g/mol. The molecule has 8 heteroatoms. The van der Waals surface area contributed by atoms with Crippen LogP contribution < -0.4 is 20.1 Å². The van der Waals surface area contributed by atoms with E-state index in [9.17, 15) is 9.59 Å². The van der Waals surface area contributed by atoms with Gasteiger partial charge in [0.1, 0.15) is 11.5 Å². The summed E-state index contributed by atoms with van der Waals surface area (Å²) >= 11 is 0. The van der Waals surface area contributed by atoms with E-state index in [2.05, 4.69) is 15.7 Å². The molecule has 0 saturated carbocycles. The zero-order valence-corrected chi connectivity index (χ0v) is 14.8. The molecule has 0 unspecified atom stereocenters. The Hall–Kier alpha value is -3.03. The molecule has 0 saturated heterocycles. The van der Waals surface area contributed by atoms with Gasteiger partial charge in [0.05, 0.1) is 30.7 Å². The summed E-state index contributed by atoms with van der Waals surface area (Å²) in [5, 5.41) is 9.48. The highest BCUT2D eigenvalue weighted by atomic mass is 16.5.